The fourth-order valence-electron chi connectivity index (χ4n) is 2.38. The van der Waals surface area contributed by atoms with E-state index >= 15 is 0 Å². The van der Waals surface area contributed by atoms with Crippen molar-refractivity contribution in [2.45, 2.75) is 54.4 Å². The van der Waals surface area contributed by atoms with Crippen molar-refractivity contribution in [3.05, 3.63) is 46.5 Å². The zero-order chi connectivity index (χ0) is 16.0. The van der Waals surface area contributed by atoms with Gasteiger partial charge in [0.15, 0.2) is 0 Å². The van der Waals surface area contributed by atoms with Crippen molar-refractivity contribution >= 4 is 5.97 Å². The molecule has 0 aliphatic carbocycles. The van der Waals surface area contributed by atoms with Crippen LogP contribution in [0.25, 0.3) is 0 Å². The van der Waals surface area contributed by atoms with Crippen molar-refractivity contribution in [3.63, 3.8) is 0 Å². The predicted molar refractivity (Wildman–Crippen MR) is 88.5 cm³/mol. The van der Waals surface area contributed by atoms with Crippen LogP contribution in [0.4, 0.5) is 0 Å². The molecule has 2 heteroatoms. The molecule has 0 fully saturated rings. The van der Waals surface area contributed by atoms with Gasteiger partial charge in [-0.15, -0.1) is 0 Å². The fraction of sp³-hybridized carbons (Fsp3) is 0.526. The predicted octanol–water partition coefficient (Wildman–Crippen LogP) is 5.18. The van der Waals surface area contributed by atoms with E-state index in [1.807, 2.05) is 31.2 Å². The molecule has 0 aromatic heterocycles. The molecule has 0 aliphatic heterocycles. The Labute approximate surface area is 129 Å². The van der Waals surface area contributed by atoms with Gasteiger partial charge >= 0.3 is 5.97 Å². The molecule has 0 heterocycles. The maximum absolute atomic E-state index is 11.6. The average molecular weight is 288 g/mol. The lowest BCUT2D eigenvalue weighted by Crippen LogP contribution is -2.07. The SMILES string of the molecule is CCOC(=O)c1ccc(C/C(C)=C(\C)CC(C)(C)C)cc1. The normalized spacial score (nSPS) is 12.9. The van der Waals surface area contributed by atoms with E-state index in [2.05, 4.69) is 34.6 Å². The lowest BCUT2D eigenvalue weighted by atomic mass is 9.86. The third kappa shape index (κ3) is 6.16. The van der Waals surface area contributed by atoms with Crippen LogP contribution >= 0.6 is 0 Å². The van der Waals surface area contributed by atoms with E-state index in [-0.39, 0.29) is 5.97 Å². The second kappa shape index (κ2) is 7.44. The van der Waals surface area contributed by atoms with Crippen molar-refractivity contribution in [1.29, 1.82) is 0 Å². The van der Waals surface area contributed by atoms with Gasteiger partial charge in [0.25, 0.3) is 0 Å². The summed E-state index contributed by atoms with van der Waals surface area (Å²) in [4.78, 5) is 11.6. The Morgan fingerprint density at radius 3 is 2.10 bits per heavy atom. The highest BCUT2D eigenvalue weighted by Crippen LogP contribution is 2.26. The maximum Gasteiger partial charge on any atom is 0.338 e. The minimum atomic E-state index is -0.250. The number of allylic oxidation sites excluding steroid dienone is 2. The van der Waals surface area contributed by atoms with Crippen molar-refractivity contribution in [2.75, 3.05) is 6.61 Å². The standard InChI is InChI=1S/C19H28O2/c1-7-21-18(20)17-10-8-16(9-11-17)12-14(2)15(3)13-19(4,5)6/h8-11H,7,12-13H2,1-6H3/b15-14+. The zero-order valence-corrected chi connectivity index (χ0v) is 14.2. The van der Waals surface area contributed by atoms with Crippen LogP contribution in [0.1, 0.15) is 63.9 Å². The van der Waals surface area contributed by atoms with Crippen LogP contribution in [0.3, 0.4) is 0 Å². The topological polar surface area (TPSA) is 26.3 Å². The number of carbonyl (C=O) groups excluding carboxylic acids is 1. The molecule has 1 rings (SSSR count). The summed E-state index contributed by atoms with van der Waals surface area (Å²) in [6, 6.07) is 7.72. The maximum atomic E-state index is 11.6. The molecule has 0 spiro atoms. The highest BCUT2D eigenvalue weighted by molar-refractivity contribution is 5.89. The second-order valence-electron chi connectivity index (χ2n) is 6.89. The van der Waals surface area contributed by atoms with Gasteiger partial charge in [-0.3, -0.25) is 0 Å². The first kappa shape index (κ1) is 17.5. The number of hydrogen-bond acceptors (Lipinski definition) is 2. The molecule has 21 heavy (non-hydrogen) atoms. The molecule has 1 aromatic rings. The van der Waals surface area contributed by atoms with Gasteiger partial charge in [-0.2, -0.15) is 0 Å². The number of rotatable bonds is 5. The number of carbonyl (C=O) groups is 1. The van der Waals surface area contributed by atoms with Gasteiger partial charge in [0.2, 0.25) is 0 Å². The molecule has 0 bridgehead atoms. The summed E-state index contributed by atoms with van der Waals surface area (Å²) in [5.41, 5.74) is 5.03. The molecular formula is C19H28O2. The van der Waals surface area contributed by atoms with Gasteiger partial charge in [0.05, 0.1) is 12.2 Å². The lowest BCUT2D eigenvalue weighted by Gasteiger charge is -2.20. The number of benzene rings is 1. The van der Waals surface area contributed by atoms with Gasteiger partial charge in [0.1, 0.15) is 0 Å². The van der Waals surface area contributed by atoms with Crippen molar-refractivity contribution in [3.8, 4) is 0 Å². The summed E-state index contributed by atoms with van der Waals surface area (Å²) >= 11 is 0. The first-order chi connectivity index (χ1) is 9.73. The fourth-order valence-corrected chi connectivity index (χ4v) is 2.38. The highest BCUT2D eigenvalue weighted by atomic mass is 16.5. The number of hydrogen-bond donors (Lipinski definition) is 0. The summed E-state index contributed by atoms with van der Waals surface area (Å²) in [5, 5.41) is 0. The third-order valence-corrected chi connectivity index (χ3v) is 3.46. The van der Waals surface area contributed by atoms with Gasteiger partial charge < -0.3 is 4.74 Å². The van der Waals surface area contributed by atoms with E-state index in [1.165, 1.54) is 16.7 Å². The first-order valence-corrected chi connectivity index (χ1v) is 7.64. The Morgan fingerprint density at radius 2 is 1.62 bits per heavy atom. The molecule has 0 amide bonds. The van der Waals surface area contributed by atoms with Gasteiger partial charge in [-0.25, -0.2) is 4.79 Å². The Kier molecular flexibility index (Phi) is 6.19. The molecule has 0 aliphatic rings. The van der Waals surface area contributed by atoms with Gasteiger partial charge in [-0.1, -0.05) is 44.1 Å². The van der Waals surface area contributed by atoms with Crippen LogP contribution in [0.5, 0.6) is 0 Å². The Hall–Kier alpha value is -1.57. The molecule has 116 valence electrons. The Morgan fingerprint density at radius 1 is 1.05 bits per heavy atom. The largest absolute Gasteiger partial charge is 0.462 e. The molecule has 0 saturated carbocycles. The van der Waals surface area contributed by atoms with E-state index in [0.29, 0.717) is 17.6 Å². The van der Waals surface area contributed by atoms with Crippen LogP contribution in [0.2, 0.25) is 0 Å². The lowest BCUT2D eigenvalue weighted by molar-refractivity contribution is 0.0526. The monoisotopic (exact) mass is 288 g/mol. The molecule has 2 nitrogen and oxygen atoms in total. The minimum Gasteiger partial charge on any atom is -0.462 e. The van der Waals surface area contributed by atoms with E-state index in [1.54, 1.807) is 0 Å². The second-order valence-corrected chi connectivity index (χ2v) is 6.89. The van der Waals surface area contributed by atoms with E-state index in [0.717, 1.165) is 12.8 Å². The van der Waals surface area contributed by atoms with Crippen LogP contribution < -0.4 is 0 Å². The quantitative estimate of drug-likeness (QED) is 0.551. The molecule has 0 N–H and O–H groups in total. The van der Waals surface area contributed by atoms with Gasteiger partial charge in [-0.05, 0) is 56.7 Å². The highest BCUT2D eigenvalue weighted by Gasteiger charge is 2.12. The number of esters is 1. The van der Waals surface area contributed by atoms with E-state index < -0.39 is 0 Å². The zero-order valence-electron chi connectivity index (χ0n) is 14.2. The Bertz CT molecular complexity index is 501. The molecule has 1 aromatic carbocycles. The van der Waals surface area contributed by atoms with Crippen LogP contribution in [-0.2, 0) is 11.2 Å². The summed E-state index contributed by atoms with van der Waals surface area (Å²) in [6.45, 7) is 13.4. The first-order valence-electron chi connectivity index (χ1n) is 7.64. The summed E-state index contributed by atoms with van der Waals surface area (Å²) < 4.78 is 4.99. The molecule has 0 atom stereocenters. The minimum absolute atomic E-state index is 0.250. The number of ether oxygens (including phenoxy) is 1. The van der Waals surface area contributed by atoms with Crippen molar-refractivity contribution in [2.24, 2.45) is 5.41 Å². The smallest absolute Gasteiger partial charge is 0.338 e. The van der Waals surface area contributed by atoms with Gasteiger partial charge in [0, 0.05) is 0 Å². The summed E-state index contributed by atoms with van der Waals surface area (Å²) in [5.74, 6) is -0.250. The van der Waals surface area contributed by atoms with Crippen molar-refractivity contribution < 1.29 is 9.53 Å². The van der Waals surface area contributed by atoms with Crippen LogP contribution in [0.15, 0.2) is 35.4 Å². The molecule has 0 radical (unpaired) electrons. The molecule has 0 unspecified atom stereocenters. The van der Waals surface area contributed by atoms with Crippen molar-refractivity contribution in [1.82, 2.24) is 0 Å². The Balaban J connectivity index is 2.75. The third-order valence-electron chi connectivity index (χ3n) is 3.46. The van der Waals surface area contributed by atoms with Crippen LogP contribution in [0, 0.1) is 5.41 Å². The van der Waals surface area contributed by atoms with Crippen LogP contribution in [-0.4, -0.2) is 12.6 Å². The summed E-state index contributed by atoms with van der Waals surface area (Å²) in [7, 11) is 0. The van der Waals surface area contributed by atoms with E-state index in [4.69, 9.17) is 4.74 Å². The van der Waals surface area contributed by atoms with E-state index in [9.17, 15) is 4.79 Å². The molecular weight excluding hydrogens is 260 g/mol. The molecule has 0 saturated heterocycles. The summed E-state index contributed by atoms with van der Waals surface area (Å²) in [6.07, 6.45) is 2.05. The average Bonchev–Trinajstić information content (AvgIpc) is 2.37.